The molecule has 12 heteroatoms. The van der Waals surface area contributed by atoms with Crippen LogP contribution in [0.15, 0.2) is 152 Å². The maximum atomic E-state index is 14.3. The summed E-state index contributed by atoms with van der Waals surface area (Å²) in [4.78, 5) is 108. The highest BCUT2D eigenvalue weighted by Gasteiger charge is 2.55. The van der Waals surface area contributed by atoms with Gasteiger partial charge in [-0.2, -0.15) is 0 Å². The molecule has 0 spiro atoms. The van der Waals surface area contributed by atoms with E-state index in [9.17, 15) is 38.4 Å². The number of rotatable bonds is 20. The van der Waals surface area contributed by atoms with Crippen LogP contribution in [0.4, 0.5) is 0 Å². The molecule has 0 N–H and O–H groups in total. The molecular weight excluding hydrogens is 865 g/mol. The number of hydrogen-bond donors (Lipinski definition) is 0. The average molecular weight is 917 g/mol. The normalized spacial score (nSPS) is 23.5. The minimum atomic E-state index is -1.12. The molecule has 3 saturated heterocycles. The summed E-state index contributed by atoms with van der Waals surface area (Å²) in [5.74, 6) is -14.5. The van der Waals surface area contributed by atoms with E-state index in [1.54, 1.807) is 67.6 Å². The molecule has 5 aromatic carbocycles. The first-order valence-corrected chi connectivity index (χ1v) is 23.2. The quantitative estimate of drug-likeness (QED) is 0.0315. The van der Waals surface area contributed by atoms with Gasteiger partial charge in [0.1, 0.15) is 0 Å². The molecular formula is C56H52O12. The first-order chi connectivity index (χ1) is 33.0. The maximum absolute atomic E-state index is 14.3. The van der Waals surface area contributed by atoms with Crippen molar-refractivity contribution in [3.63, 3.8) is 0 Å². The van der Waals surface area contributed by atoms with Gasteiger partial charge in [0.2, 0.25) is 0 Å². The fourth-order valence-corrected chi connectivity index (χ4v) is 10.9. The van der Waals surface area contributed by atoms with Crippen LogP contribution in [0.3, 0.4) is 0 Å². The summed E-state index contributed by atoms with van der Waals surface area (Å²) >= 11 is 0. The van der Waals surface area contributed by atoms with E-state index < -0.39 is 107 Å². The number of aryl methyl sites for hydroxylation is 1. The number of esters is 7. The highest BCUT2D eigenvalue weighted by Crippen LogP contribution is 2.51. The fourth-order valence-electron chi connectivity index (χ4n) is 10.9. The molecule has 0 radical (unpaired) electrons. The van der Waals surface area contributed by atoms with Crippen molar-refractivity contribution < 1.29 is 57.3 Å². The minimum Gasteiger partial charge on any atom is -0.395 e. The Hall–Kier alpha value is -7.34. The van der Waals surface area contributed by atoms with Gasteiger partial charge < -0.3 is 18.9 Å². The van der Waals surface area contributed by atoms with Crippen LogP contribution in [0.5, 0.6) is 0 Å². The van der Waals surface area contributed by atoms with E-state index in [1.165, 1.54) is 0 Å². The van der Waals surface area contributed by atoms with Gasteiger partial charge in [-0.05, 0) is 90.0 Å². The lowest BCUT2D eigenvalue weighted by molar-refractivity contribution is -0.157. The zero-order chi connectivity index (χ0) is 47.7. The third kappa shape index (κ3) is 10.4. The Morgan fingerprint density at radius 1 is 0.485 bits per heavy atom. The molecule has 0 aliphatic carbocycles. The standard InChI is InChI=1S/C56H52O12/c1-34(50(58)65-33-57)29-42(37-21-11-4-12-22-37)48-46(53(61)68-55(48)63)32-44(39-25-15-6-16-26-39)49-45(52(60)67-56(49)64)31-40(36-19-9-3-10-20-36)30-43(38-23-13-5-14-24-38)47-41(51(59)66-54(47)62)28-27-35-17-7-2-8-18-35/h2-26,33-34,40-49H,27-32H2,1H3. The number of cyclic esters (lactones) is 6. The average Bonchev–Trinajstić information content (AvgIpc) is 3.92. The van der Waals surface area contributed by atoms with Gasteiger partial charge in [0.25, 0.3) is 0 Å². The van der Waals surface area contributed by atoms with E-state index in [4.69, 9.17) is 14.2 Å². The molecule has 3 aliphatic rings. The molecule has 0 bridgehead atoms. The lowest BCUT2D eigenvalue weighted by Gasteiger charge is -2.33. The summed E-state index contributed by atoms with van der Waals surface area (Å²) in [6, 6.07) is 46.6. The van der Waals surface area contributed by atoms with Gasteiger partial charge in [-0.1, -0.05) is 159 Å². The zero-order valence-corrected chi connectivity index (χ0v) is 37.5. The summed E-state index contributed by atoms with van der Waals surface area (Å²) in [5, 5.41) is 0. The van der Waals surface area contributed by atoms with Gasteiger partial charge in [0, 0.05) is 0 Å². The molecule has 0 saturated carbocycles. The summed E-state index contributed by atoms with van der Waals surface area (Å²) in [7, 11) is 0. The molecule has 5 aromatic rings. The zero-order valence-electron chi connectivity index (χ0n) is 37.5. The molecule has 3 fully saturated rings. The van der Waals surface area contributed by atoms with Crippen LogP contribution in [0.2, 0.25) is 0 Å². The van der Waals surface area contributed by atoms with Crippen molar-refractivity contribution in [3.8, 4) is 0 Å². The van der Waals surface area contributed by atoms with E-state index in [2.05, 4.69) is 4.74 Å². The third-order valence-electron chi connectivity index (χ3n) is 14.2. The summed E-state index contributed by atoms with van der Waals surface area (Å²) in [5.41, 5.74) is 3.96. The minimum absolute atomic E-state index is 0.0252. The summed E-state index contributed by atoms with van der Waals surface area (Å²) < 4.78 is 21.0. The third-order valence-corrected chi connectivity index (χ3v) is 14.2. The van der Waals surface area contributed by atoms with Gasteiger partial charge in [-0.15, -0.1) is 0 Å². The highest BCUT2D eigenvalue weighted by atomic mass is 16.6. The Morgan fingerprint density at radius 3 is 1.35 bits per heavy atom. The van der Waals surface area contributed by atoms with E-state index in [0.29, 0.717) is 30.4 Å². The first-order valence-electron chi connectivity index (χ1n) is 23.2. The molecule has 11 unspecified atom stereocenters. The Labute approximate surface area is 394 Å². The van der Waals surface area contributed by atoms with Gasteiger partial charge >= 0.3 is 48.3 Å². The summed E-state index contributed by atoms with van der Waals surface area (Å²) in [6.07, 6.45) is 1.24. The first kappa shape index (κ1) is 47.2. The van der Waals surface area contributed by atoms with Gasteiger partial charge in [0.05, 0.1) is 41.4 Å². The monoisotopic (exact) mass is 916 g/mol. The van der Waals surface area contributed by atoms with E-state index in [1.807, 2.05) is 91.0 Å². The van der Waals surface area contributed by atoms with E-state index in [-0.39, 0.29) is 25.7 Å². The van der Waals surface area contributed by atoms with Gasteiger partial charge in [-0.3, -0.25) is 38.4 Å². The van der Waals surface area contributed by atoms with E-state index >= 15 is 0 Å². The topological polar surface area (TPSA) is 173 Å². The Kier molecular flexibility index (Phi) is 14.9. The molecule has 348 valence electrons. The predicted molar refractivity (Wildman–Crippen MR) is 246 cm³/mol. The van der Waals surface area contributed by atoms with Crippen LogP contribution < -0.4 is 0 Å². The molecule has 0 aromatic heterocycles. The molecule has 11 atom stereocenters. The Bertz CT molecular complexity index is 2600. The lowest BCUT2D eigenvalue weighted by atomic mass is 9.66. The number of hydrogen-bond acceptors (Lipinski definition) is 12. The molecule has 68 heavy (non-hydrogen) atoms. The van der Waals surface area contributed by atoms with Crippen LogP contribution in [0.25, 0.3) is 0 Å². The smallest absolute Gasteiger partial charge is 0.318 e. The van der Waals surface area contributed by atoms with Crippen molar-refractivity contribution >= 4 is 48.3 Å². The Morgan fingerprint density at radius 2 is 0.868 bits per heavy atom. The van der Waals surface area contributed by atoms with Crippen molar-refractivity contribution in [1.82, 2.24) is 0 Å². The van der Waals surface area contributed by atoms with Crippen LogP contribution >= 0.6 is 0 Å². The highest BCUT2D eigenvalue weighted by molar-refractivity contribution is 5.99. The van der Waals surface area contributed by atoms with Gasteiger partial charge in [-0.25, -0.2) is 0 Å². The summed E-state index contributed by atoms with van der Waals surface area (Å²) in [6.45, 7) is 1.62. The lowest BCUT2D eigenvalue weighted by Crippen LogP contribution is -2.33. The Balaban J connectivity index is 1.15. The second-order valence-electron chi connectivity index (χ2n) is 18.2. The van der Waals surface area contributed by atoms with Crippen molar-refractivity contribution in [1.29, 1.82) is 0 Å². The van der Waals surface area contributed by atoms with Gasteiger partial charge in [0.15, 0.2) is 0 Å². The van der Waals surface area contributed by atoms with Crippen LogP contribution in [-0.2, 0) is 63.7 Å². The van der Waals surface area contributed by atoms with Crippen LogP contribution in [0, 0.1) is 41.4 Å². The van der Waals surface area contributed by atoms with Crippen molar-refractivity contribution in [2.24, 2.45) is 41.4 Å². The second kappa shape index (κ2) is 21.5. The molecule has 12 nitrogen and oxygen atoms in total. The SMILES string of the molecule is CC(CC(c1ccccc1)C1C(=O)OC(=O)C1CC(c1ccccc1)C1C(=O)OC(=O)C1CC(CC(c1ccccc1)C1C(=O)OC(=O)C1CCc1ccccc1)c1ccccc1)C(=O)OC=O. The largest absolute Gasteiger partial charge is 0.395 e. The number of benzene rings is 5. The van der Waals surface area contributed by atoms with Crippen LogP contribution in [-0.4, -0.2) is 48.3 Å². The van der Waals surface area contributed by atoms with Crippen LogP contribution in [0.1, 0.15) is 90.5 Å². The van der Waals surface area contributed by atoms with Crippen molar-refractivity contribution in [2.45, 2.75) is 69.1 Å². The molecule has 0 amide bonds. The second-order valence-corrected chi connectivity index (χ2v) is 18.2. The molecule has 3 heterocycles. The number of carbonyl (C=O) groups excluding carboxylic acids is 8. The maximum Gasteiger partial charge on any atom is 0.318 e. The van der Waals surface area contributed by atoms with E-state index in [0.717, 1.165) is 16.7 Å². The van der Waals surface area contributed by atoms with Crippen molar-refractivity contribution in [3.05, 3.63) is 179 Å². The fraction of sp³-hybridized carbons (Fsp3) is 0.321. The molecule has 8 rings (SSSR count). The number of carbonyl (C=O) groups is 8. The van der Waals surface area contributed by atoms with Crippen molar-refractivity contribution in [2.75, 3.05) is 0 Å². The number of ether oxygens (including phenoxy) is 4. The molecule has 3 aliphatic heterocycles. The predicted octanol–water partition coefficient (Wildman–Crippen LogP) is 8.60.